The van der Waals surface area contributed by atoms with Gasteiger partial charge in [0.1, 0.15) is 24.4 Å². The summed E-state index contributed by atoms with van der Waals surface area (Å²) in [5.74, 6) is 0. The van der Waals surface area contributed by atoms with Gasteiger partial charge in [-0.2, -0.15) is 0 Å². The number of aliphatic hydroxyl groups excluding tert-OH is 8. The third-order valence-electron chi connectivity index (χ3n) is 1.78. The van der Waals surface area contributed by atoms with Crippen LogP contribution in [0.3, 0.4) is 0 Å². The molecule has 1 unspecified atom stereocenters. The average molecular weight is 258 g/mol. The molecule has 0 aliphatic carbocycles. The van der Waals surface area contributed by atoms with Crippen molar-refractivity contribution >= 4 is 0 Å². The summed E-state index contributed by atoms with van der Waals surface area (Å²) >= 11 is 0. The highest BCUT2D eigenvalue weighted by Crippen LogP contribution is 2.03. The predicted molar refractivity (Wildman–Crippen MR) is 57.0 cm³/mol. The minimum atomic E-state index is -1.67. The molecule has 0 amide bonds. The van der Waals surface area contributed by atoms with E-state index < -0.39 is 43.7 Å². The van der Waals surface area contributed by atoms with Crippen molar-refractivity contribution in [1.29, 1.82) is 0 Å². The van der Waals surface area contributed by atoms with E-state index in [0.29, 0.717) is 0 Å². The molecular weight excluding hydrogens is 236 g/mol. The first-order valence-electron chi connectivity index (χ1n) is 5.04. The summed E-state index contributed by atoms with van der Waals surface area (Å²) in [6.45, 7) is -0.0627. The van der Waals surface area contributed by atoms with E-state index in [9.17, 15) is 0 Å². The maximum atomic E-state index is 8.96. The molecule has 5 atom stereocenters. The third kappa shape index (κ3) is 9.39. The number of rotatable bonds is 6. The quantitative estimate of drug-likeness (QED) is 0.238. The van der Waals surface area contributed by atoms with Crippen molar-refractivity contribution in [2.24, 2.45) is 0 Å². The van der Waals surface area contributed by atoms with Gasteiger partial charge in [-0.3, -0.25) is 0 Å². The highest BCUT2D eigenvalue weighted by molar-refractivity contribution is 4.79. The highest BCUT2D eigenvalue weighted by Gasteiger charge is 2.29. The van der Waals surface area contributed by atoms with Crippen LogP contribution in [0.2, 0.25) is 0 Å². The van der Waals surface area contributed by atoms with E-state index in [1.807, 2.05) is 0 Å². The van der Waals surface area contributed by atoms with Crippen LogP contribution in [-0.4, -0.2) is 91.2 Å². The lowest BCUT2D eigenvalue weighted by Crippen LogP contribution is -2.46. The molecule has 0 heterocycles. The fourth-order valence-corrected chi connectivity index (χ4v) is 0.671. The molecule has 0 aliphatic heterocycles. The van der Waals surface area contributed by atoms with Crippen LogP contribution < -0.4 is 0 Å². The van der Waals surface area contributed by atoms with E-state index in [1.165, 1.54) is 6.92 Å². The van der Waals surface area contributed by atoms with Crippen molar-refractivity contribution in [2.45, 2.75) is 37.4 Å². The average Bonchev–Trinajstić information content (AvgIpc) is 2.35. The molecule has 0 radical (unpaired) electrons. The van der Waals surface area contributed by atoms with Crippen LogP contribution >= 0.6 is 0 Å². The van der Waals surface area contributed by atoms with E-state index in [4.69, 9.17) is 40.9 Å². The highest BCUT2D eigenvalue weighted by atomic mass is 16.4. The summed E-state index contributed by atoms with van der Waals surface area (Å²) in [6, 6.07) is 0. The molecule has 0 aromatic carbocycles. The Morgan fingerprint density at radius 2 is 0.882 bits per heavy atom. The lowest BCUT2D eigenvalue weighted by atomic mass is 10.0. The second-order valence-corrected chi connectivity index (χ2v) is 3.51. The van der Waals surface area contributed by atoms with E-state index in [2.05, 4.69) is 0 Å². The summed E-state index contributed by atoms with van der Waals surface area (Å²) < 4.78 is 0. The molecule has 8 nitrogen and oxygen atoms in total. The molecule has 8 N–H and O–H groups in total. The summed E-state index contributed by atoms with van der Waals surface area (Å²) in [6.07, 6.45) is -6.95. The molecule has 0 saturated carbocycles. The van der Waals surface area contributed by atoms with Crippen molar-refractivity contribution in [1.82, 2.24) is 0 Å². The molecule has 0 rings (SSSR count). The Labute approximate surface area is 99.0 Å². The zero-order valence-electron chi connectivity index (χ0n) is 9.59. The fraction of sp³-hybridized carbons (Fsp3) is 1.00. The second-order valence-electron chi connectivity index (χ2n) is 3.51. The van der Waals surface area contributed by atoms with Crippen molar-refractivity contribution in [2.75, 3.05) is 19.8 Å². The van der Waals surface area contributed by atoms with Crippen molar-refractivity contribution in [3.05, 3.63) is 0 Å². The van der Waals surface area contributed by atoms with E-state index >= 15 is 0 Å². The largest absolute Gasteiger partial charge is 0.394 e. The van der Waals surface area contributed by atoms with Crippen LogP contribution in [0.1, 0.15) is 6.92 Å². The first-order chi connectivity index (χ1) is 7.81. The third-order valence-corrected chi connectivity index (χ3v) is 1.78. The molecule has 0 aliphatic rings. The molecule has 0 spiro atoms. The minimum Gasteiger partial charge on any atom is -0.394 e. The lowest BCUT2D eigenvalue weighted by molar-refractivity contribution is -0.123. The van der Waals surface area contributed by atoms with Gasteiger partial charge < -0.3 is 40.9 Å². The van der Waals surface area contributed by atoms with Crippen LogP contribution in [0.5, 0.6) is 0 Å². The zero-order valence-corrected chi connectivity index (χ0v) is 9.59. The fourth-order valence-electron chi connectivity index (χ4n) is 0.671. The Kier molecular flexibility index (Phi) is 12.1. The molecular formula is C9H22O8. The lowest BCUT2D eigenvalue weighted by Gasteiger charge is -2.24. The van der Waals surface area contributed by atoms with Gasteiger partial charge in [0.15, 0.2) is 0 Å². The van der Waals surface area contributed by atoms with E-state index in [0.717, 1.165) is 0 Å². The molecule has 0 aromatic heterocycles. The number of aliphatic hydroxyl groups is 8. The van der Waals surface area contributed by atoms with Gasteiger partial charge in [0.2, 0.25) is 0 Å². The Bertz CT molecular complexity index is 151. The van der Waals surface area contributed by atoms with Crippen molar-refractivity contribution in [3.63, 3.8) is 0 Å². The Hall–Kier alpha value is -0.320. The number of hydrogen-bond donors (Lipinski definition) is 8. The van der Waals surface area contributed by atoms with Crippen LogP contribution in [0.25, 0.3) is 0 Å². The normalized spacial score (nSPS) is 19.6. The van der Waals surface area contributed by atoms with Crippen LogP contribution in [0, 0.1) is 0 Å². The second kappa shape index (κ2) is 10.8. The Balaban J connectivity index is 0. The van der Waals surface area contributed by atoms with Gasteiger partial charge in [-0.05, 0) is 6.92 Å². The summed E-state index contributed by atoms with van der Waals surface area (Å²) in [5.41, 5.74) is 0. The zero-order chi connectivity index (χ0) is 14.0. The van der Waals surface area contributed by atoms with Gasteiger partial charge >= 0.3 is 0 Å². The smallest absolute Gasteiger partial charge is 0.111 e. The number of hydrogen-bond acceptors (Lipinski definition) is 8. The SMILES string of the molecule is CC(O)CO.OC[C@@H](O)[C@@H](O)[C@H](O)[C@@H](O)CO. The maximum Gasteiger partial charge on any atom is 0.111 e. The van der Waals surface area contributed by atoms with Crippen LogP contribution in [0.4, 0.5) is 0 Å². The summed E-state index contributed by atoms with van der Waals surface area (Å²) in [7, 11) is 0. The summed E-state index contributed by atoms with van der Waals surface area (Å²) in [4.78, 5) is 0. The van der Waals surface area contributed by atoms with Crippen LogP contribution in [-0.2, 0) is 0 Å². The monoisotopic (exact) mass is 258 g/mol. The van der Waals surface area contributed by atoms with E-state index in [-0.39, 0.29) is 6.61 Å². The van der Waals surface area contributed by atoms with Gasteiger partial charge in [0.05, 0.1) is 25.9 Å². The maximum absolute atomic E-state index is 8.96. The van der Waals surface area contributed by atoms with Gasteiger partial charge in [-0.1, -0.05) is 0 Å². The molecule has 8 heteroatoms. The summed E-state index contributed by atoms with van der Waals surface area (Å²) in [5, 5.41) is 68.2. The molecule has 0 bridgehead atoms. The Morgan fingerprint density at radius 1 is 0.647 bits per heavy atom. The van der Waals surface area contributed by atoms with E-state index in [1.54, 1.807) is 0 Å². The van der Waals surface area contributed by atoms with Gasteiger partial charge in [0, 0.05) is 0 Å². The van der Waals surface area contributed by atoms with Gasteiger partial charge in [0.25, 0.3) is 0 Å². The molecule has 106 valence electrons. The molecule has 17 heavy (non-hydrogen) atoms. The topological polar surface area (TPSA) is 162 Å². The molecule has 0 aromatic rings. The first kappa shape index (κ1) is 19.0. The van der Waals surface area contributed by atoms with Gasteiger partial charge in [-0.15, -0.1) is 0 Å². The predicted octanol–water partition coefficient (Wildman–Crippen LogP) is -4.23. The van der Waals surface area contributed by atoms with Gasteiger partial charge in [-0.25, -0.2) is 0 Å². The molecule has 0 saturated heterocycles. The first-order valence-corrected chi connectivity index (χ1v) is 5.04. The Morgan fingerprint density at radius 3 is 1.00 bits per heavy atom. The van der Waals surface area contributed by atoms with Crippen molar-refractivity contribution < 1.29 is 40.9 Å². The standard InChI is InChI=1S/C6H14O6.C3H8O2/c7-1-3(9)5(11)6(12)4(10)2-8;1-3(5)2-4/h3-12H,1-2H2;3-5H,2H2,1H3/t3-,4+,5-,6-;/m1./s1. The minimum absolute atomic E-state index is 0.139. The molecule has 0 fully saturated rings. The van der Waals surface area contributed by atoms with Crippen molar-refractivity contribution in [3.8, 4) is 0 Å². The van der Waals surface area contributed by atoms with Crippen LogP contribution in [0.15, 0.2) is 0 Å².